The molecule has 0 saturated carbocycles. The topological polar surface area (TPSA) is 244 Å². The van der Waals surface area contributed by atoms with E-state index in [4.69, 9.17) is 17.2 Å². The molecule has 0 bridgehead atoms. The molecule has 0 saturated heterocycles. The number of carboxylic acid groups (broad SMARTS) is 1. The van der Waals surface area contributed by atoms with Crippen LogP contribution in [-0.4, -0.2) is 77.9 Å². The van der Waals surface area contributed by atoms with Crippen molar-refractivity contribution in [2.75, 3.05) is 13.1 Å². The Hall–Kier alpha value is -3.42. The summed E-state index contributed by atoms with van der Waals surface area (Å²) < 4.78 is 0. The molecule has 4 amide bonds. The smallest absolute Gasteiger partial charge is 0.326 e. The number of nitrogens with one attached hydrogen (secondary N) is 4. The third kappa shape index (κ3) is 12.9. The van der Waals surface area contributed by atoms with Crippen molar-refractivity contribution >= 4 is 35.6 Å². The highest BCUT2D eigenvalue weighted by molar-refractivity contribution is 5.94. The van der Waals surface area contributed by atoms with Crippen LogP contribution in [-0.2, 0) is 24.0 Å². The van der Waals surface area contributed by atoms with Gasteiger partial charge in [0.1, 0.15) is 18.1 Å². The molecule has 0 aromatic carbocycles. The van der Waals surface area contributed by atoms with Crippen molar-refractivity contribution < 1.29 is 29.1 Å². The summed E-state index contributed by atoms with van der Waals surface area (Å²) in [5, 5.41) is 19.2. The summed E-state index contributed by atoms with van der Waals surface area (Å²) in [7, 11) is 0. The molecule has 37 heavy (non-hydrogen) atoms. The minimum Gasteiger partial charge on any atom is -0.480 e. The van der Waals surface area contributed by atoms with Gasteiger partial charge in [0, 0.05) is 6.54 Å². The van der Waals surface area contributed by atoms with Gasteiger partial charge in [0.15, 0.2) is 5.96 Å². The number of carbonyl (C=O) groups is 5. The van der Waals surface area contributed by atoms with Crippen molar-refractivity contribution in [1.82, 2.24) is 21.3 Å². The lowest BCUT2D eigenvalue weighted by Crippen LogP contribution is -2.58. The number of carbonyl (C=O) groups excluding carboxylic acids is 4. The molecule has 0 spiro atoms. The molecule has 0 aliphatic rings. The lowest BCUT2D eigenvalue weighted by atomic mass is 9.95. The van der Waals surface area contributed by atoms with Crippen LogP contribution in [0.15, 0.2) is 4.99 Å². The van der Waals surface area contributed by atoms with Gasteiger partial charge in [-0.15, -0.1) is 0 Å². The number of aliphatic carboxylic acids is 1. The van der Waals surface area contributed by atoms with Gasteiger partial charge in [-0.05, 0) is 31.6 Å². The number of hydrogen-bond donors (Lipinski definition) is 8. The minimum absolute atomic E-state index is 0.0736. The molecule has 11 N–H and O–H groups in total. The Morgan fingerprint density at radius 3 is 1.97 bits per heavy atom. The second-order valence-electron chi connectivity index (χ2n) is 9.14. The van der Waals surface area contributed by atoms with E-state index in [1.54, 1.807) is 6.92 Å². The lowest BCUT2D eigenvalue weighted by Gasteiger charge is -2.27. The number of hydrogen-bond acceptors (Lipinski definition) is 7. The Kier molecular flexibility index (Phi) is 15.5. The standard InChI is InChI=1S/C23H44N8O6/c1-6-12(3)17(24)20(34)31-18(13(4)7-2)21(35)29-14(5)19(33)28-11-16(32)30-15(22(36)37)9-8-10-27-23(25)26/h12-15,17-18H,6-11,24H2,1-5H3,(H,28,33)(H,29,35)(H,30,32)(H,31,34)(H,36,37)(H4,25,26,27)/t12-,13-,14-,15-,17-,18-/m0/s1. The van der Waals surface area contributed by atoms with Gasteiger partial charge in [-0.3, -0.25) is 24.2 Å². The summed E-state index contributed by atoms with van der Waals surface area (Å²) in [6.45, 7) is 8.56. The van der Waals surface area contributed by atoms with E-state index in [-0.39, 0.29) is 30.8 Å². The third-order valence-corrected chi connectivity index (χ3v) is 6.11. The van der Waals surface area contributed by atoms with E-state index in [9.17, 15) is 29.1 Å². The highest BCUT2D eigenvalue weighted by Gasteiger charge is 2.31. The molecule has 0 rings (SSSR count). The fourth-order valence-corrected chi connectivity index (χ4v) is 3.16. The number of carboxylic acids is 1. The minimum atomic E-state index is -1.24. The molecule has 0 aliphatic carbocycles. The third-order valence-electron chi connectivity index (χ3n) is 6.11. The Bertz CT molecular complexity index is 817. The molecule has 0 radical (unpaired) electrons. The van der Waals surface area contributed by atoms with Gasteiger partial charge in [0.25, 0.3) is 0 Å². The van der Waals surface area contributed by atoms with Gasteiger partial charge >= 0.3 is 5.97 Å². The van der Waals surface area contributed by atoms with Gasteiger partial charge in [-0.25, -0.2) is 4.79 Å². The maximum absolute atomic E-state index is 12.9. The SMILES string of the molecule is CC[C@H](C)[C@H](N)C(=O)N[C@H](C(=O)N[C@@H](C)C(=O)NCC(=O)N[C@@H](CCCN=C(N)N)C(=O)O)[C@@H](C)CC. The Balaban J connectivity index is 4.91. The van der Waals surface area contributed by atoms with Crippen LogP contribution in [0.3, 0.4) is 0 Å². The normalized spacial score (nSPS) is 15.6. The highest BCUT2D eigenvalue weighted by Crippen LogP contribution is 2.11. The van der Waals surface area contributed by atoms with E-state index >= 15 is 0 Å². The van der Waals surface area contributed by atoms with Gasteiger partial charge in [-0.2, -0.15) is 0 Å². The molecule has 6 atom stereocenters. The number of guanidine groups is 1. The van der Waals surface area contributed by atoms with Gasteiger partial charge in [0.2, 0.25) is 23.6 Å². The lowest BCUT2D eigenvalue weighted by molar-refractivity contribution is -0.142. The number of rotatable bonds is 17. The van der Waals surface area contributed by atoms with Crippen molar-refractivity contribution in [3.05, 3.63) is 0 Å². The summed E-state index contributed by atoms with van der Waals surface area (Å²) in [6.07, 6.45) is 1.70. The Morgan fingerprint density at radius 1 is 0.865 bits per heavy atom. The zero-order valence-corrected chi connectivity index (χ0v) is 22.4. The number of nitrogens with zero attached hydrogens (tertiary/aromatic N) is 1. The van der Waals surface area contributed by atoms with Crippen molar-refractivity contribution in [3.63, 3.8) is 0 Å². The van der Waals surface area contributed by atoms with E-state index in [1.807, 2.05) is 20.8 Å². The quantitative estimate of drug-likeness (QED) is 0.0598. The van der Waals surface area contributed by atoms with Crippen LogP contribution in [0.1, 0.15) is 60.3 Å². The number of nitrogens with two attached hydrogens (primary N) is 3. The van der Waals surface area contributed by atoms with Gasteiger partial charge < -0.3 is 43.6 Å². The number of aliphatic imine (C=N–C) groups is 1. The van der Waals surface area contributed by atoms with Crippen LogP contribution in [0.5, 0.6) is 0 Å². The average molecular weight is 529 g/mol. The fourth-order valence-electron chi connectivity index (χ4n) is 3.16. The summed E-state index contributed by atoms with van der Waals surface area (Å²) in [4.78, 5) is 65.1. The molecule has 0 aromatic rings. The summed E-state index contributed by atoms with van der Waals surface area (Å²) in [5.41, 5.74) is 16.4. The molecule has 0 unspecified atom stereocenters. The zero-order chi connectivity index (χ0) is 28.7. The van der Waals surface area contributed by atoms with Gasteiger partial charge in [0.05, 0.1) is 12.6 Å². The first kappa shape index (κ1) is 33.6. The molecule has 0 fully saturated rings. The van der Waals surface area contributed by atoms with E-state index < -0.39 is 60.3 Å². The van der Waals surface area contributed by atoms with Gasteiger partial charge in [-0.1, -0.05) is 40.5 Å². The van der Waals surface area contributed by atoms with Crippen LogP contribution in [0.4, 0.5) is 0 Å². The van der Waals surface area contributed by atoms with Crippen LogP contribution < -0.4 is 38.5 Å². The summed E-state index contributed by atoms with van der Waals surface area (Å²) >= 11 is 0. The second kappa shape index (κ2) is 17.1. The molecular weight excluding hydrogens is 484 g/mol. The van der Waals surface area contributed by atoms with Crippen LogP contribution in [0.25, 0.3) is 0 Å². The predicted octanol–water partition coefficient (Wildman–Crippen LogP) is -1.87. The first-order chi connectivity index (χ1) is 17.2. The van der Waals surface area contributed by atoms with Crippen molar-refractivity contribution in [1.29, 1.82) is 0 Å². The van der Waals surface area contributed by atoms with Crippen molar-refractivity contribution in [3.8, 4) is 0 Å². The van der Waals surface area contributed by atoms with Crippen molar-refractivity contribution in [2.45, 2.75) is 84.5 Å². The Morgan fingerprint density at radius 2 is 1.46 bits per heavy atom. The fraction of sp³-hybridized carbons (Fsp3) is 0.739. The van der Waals surface area contributed by atoms with Crippen LogP contribution >= 0.6 is 0 Å². The molecule has 14 nitrogen and oxygen atoms in total. The summed E-state index contributed by atoms with van der Waals surface area (Å²) in [6, 6.07) is -3.88. The molecule has 14 heteroatoms. The zero-order valence-electron chi connectivity index (χ0n) is 22.4. The molecule has 0 aliphatic heterocycles. The highest BCUT2D eigenvalue weighted by atomic mass is 16.4. The summed E-state index contributed by atoms with van der Waals surface area (Å²) in [5.74, 6) is -4.04. The first-order valence-corrected chi connectivity index (χ1v) is 12.5. The molecule has 212 valence electrons. The van der Waals surface area contributed by atoms with E-state index in [0.29, 0.717) is 19.3 Å². The largest absolute Gasteiger partial charge is 0.480 e. The second-order valence-corrected chi connectivity index (χ2v) is 9.14. The average Bonchev–Trinajstić information content (AvgIpc) is 2.85. The van der Waals surface area contributed by atoms with Crippen molar-refractivity contribution in [2.24, 2.45) is 34.0 Å². The van der Waals surface area contributed by atoms with E-state index in [0.717, 1.165) is 0 Å². The van der Waals surface area contributed by atoms with E-state index in [2.05, 4.69) is 26.3 Å². The van der Waals surface area contributed by atoms with E-state index in [1.165, 1.54) is 6.92 Å². The maximum Gasteiger partial charge on any atom is 0.326 e. The predicted molar refractivity (Wildman–Crippen MR) is 139 cm³/mol. The number of amides is 4. The first-order valence-electron chi connectivity index (χ1n) is 12.5. The molecular formula is C23H44N8O6. The molecule has 0 aromatic heterocycles. The van der Waals surface area contributed by atoms with Crippen LogP contribution in [0.2, 0.25) is 0 Å². The molecule has 0 heterocycles. The Labute approximate surface area is 217 Å². The van der Waals surface area contributed by atoms with Crippen LogP contribution in [0, 0.1) is 11.8 Å². The monoisotopic (exact) mass is 528 g/mol. The maximum atomic E-state index is 12.9.